The number of thiophene rings is 1. The van der Waals surface area contributed by atoms with Crippen molar-refractivity contribution in [2.75, 3.05) is 38.0 Å². The largest absolute Gasteiger partial charge is 0.315 e. The van der Waals surface area contributed by atoms with Crippen LogP contribution in [0.1, 0.15) is 48.8 Å². The van der Waals surface area contributed by atoms with E-state index in [-0.39, 0.29) is 17.1 Å². The first kappa shape index (κ1) is 23.9. The van der Waals surface area contributed by atoms with E-state index < -0.39 is 0 Å². The molecule has 1 aromatic heterocycles. The molecule has 5 nitrogen and oxygen atoms in total. The first-order valence-corrected chi connectivity index (χ1v) is 12.6. The van der Waals surface area contributed by atoms with Gasteiger partial charge in [-0.2, -0.15) is 5.26 Å². The number of benzene rings is 1. The van der Waals surface area contributed by atoms with Crippen molar-refractivity contribution in [3.8, 4) is 6.07 Å². The molecule has 4 rings (SSSR count). The predicted molar refractivity (Wildman–Crippen MR) is 131 cm³/mol. The minimum Gasteiger partial charge on any atom is -0.315 e. The molecule has 1 unspecified atom stereocenters. The number of nitrogens with one attached hydrogen (secondary N) is 1. The predicted octanol–water partition coefficient (Wildman–Crippen LogP) is 4.67. The second kappa shape index (κ2) is 9.92. The Kier molecular flexibility index (Phi) is 7.18. The Morgan fingerprint density at radius 2 is 1.85 bits per heavy atom. The molecule has 1 atom stereocenters. The summed E-state index contributed by atoms with van der Waals surface area (Å²) >= 11 is 1.59. The number of fused-ring (bicyclic) bond motifs is 1. The van der Waals surface area contributed by atoms with E-state index in [1.54, 1.807) is 11.3 Å². The van der Waals surface area contributed by atoms with Gasteiger partial charge in [0.1, 0.15) is 16.9 Å². The molecule has 1 aliphatic carbocycles. The smallest absolute Gasteiger partial charge is 0.239 e. The van der Waals surface area contributed by atoms with Gasteiger partial charge in [-0.05, 0) is 53.9 Å². The summed E-state index contributed by atoms with van der Waals surface area (Å²) in [6.07, 6.45) is 3.00. The second-order valence-corrected chi connectivity index (χ2v) is 11.5. The Morgan fingerprint density at radius 3 is 2.48 bits per heavy atom. The van der Waals surface area contributed by atoms with E-state index in [1.807, 2.05) is 12.1 Å². The minimum absolute atomic E-state index is 0.0514. The van der Waals surface area contributed by atoms with Crippen LogP contribution < -0.4 is 5.32 Å². The summed E-state index contributed by atoms with van der Waals surface area (Å²) in [7, 11) is 0. The van der Waals surface area contributed by atoms with Crippen LogP contribution in [0.15, 0.2) is 24.3 Å². The standard InChI is InChI=1S/C26H33FN4OS/c1-26(2,3)19-6-9-21-22(15-28)25(33-23(21)14-19)29-24(32)17-31-12-10-30(11-13-31)16-18-4-7-20(27)8-5-18/h4-5,7-8,19H,6,9-14,16-17H2,1-3H3,(H,29,32). The van der Waals surface area contributed by atoms with Gasteiger partial charge in [0, 0.05) is 37.6 Å². The highest BCUT2D eigenvalue weighted by Gasteiger charge is 2.32. The molecule has 1 saturated heterocycles. The van der Waals surface area contributed by atoms with Crippen LogP contribution in [0.2, 0.25) is 0 Å². The third-order valence-electron chi connectivity index (χ3n) is 7.01. The highest BCUT2D eigenvalue weighted by Crippen LogP contribution is 2.43. The van der Waals surface area contributed by atoms with E-state index in [0.717, 1.165) is 68.1 Å². The van der Waals surface area contributed by atoms with Gasteiger partial charge in [-0.25, -0.2) is 4.39 Å². The minimum atomic E-state index is -0.213. The van der Waals surface area contributed by atoms with Crippen molar-refractivity contribution >= 4 is 22.2 Å². The zero-order valence-electron chi connectivity index (χ0n) is 19.8. The molecule has 2 heterocycles. The fourth-order valence-electron chi connectivity index (χ4n) is 4.85. The zero-order chi connectivity index (χ0) is 23.6. The van der Waals surface area contributed by atoms with Crippen LogP contribution in [-0.4, -0.2) is 48.4 Å². The van der Waals surface area contributed by atoms with Crippen molar-refractivity contribution in [1.29, 1.82) is 5.26 Å². The normalized spacial score (nSPS) is 19.7. The van der Waals surface area contributed by atoms with Crippen molar-refractivity contribution in [2.45, 2.75) is 46.6 Å². The number of hydrogen-bond acceptors (Lipinski definition) is 5. The molecule has 1 N–H and O–H groups in total. The molecule has 0 bridgehead atoms. The quantitative estimate of drug-likeness (QED) is 0.693. The number of amides is 1. The Labute approximate surface area is 200 Å². The highest BCUT2D eigenvalue weighted by molar-refractivity contribution is 7.16. The molecule has 0 radical (unpaired) electrons. The zero-order valence-corrected chi connectivity index (χ0v) is 20.6. The Hall–Kier alpha value is -2.27. The lowest BCUT2D eigenvalue weighted by Gasteiger charge is -2.34. The number of carbonyl (C=O) groups is 1. The van der Waals surface area contributed by atoms with E-state index in [9.17, 15) is 14.4 Å². The van der Waals surface area contributed by atoms with Gasteiger partial charge in [0.15, 0.2) is 0 Å². The Morgan fingerprint density at radius 1 is 1.18 bits per heavy atom. The Balaban J connectivity index is 1.30. The maximum Gasteiger partial charge on any atom is 0.239 e. The molecule has 176 valence electrons. The van der Waals surface area contributed by atoms with Gasteiger partial charge in [-0.3, -0.25) is 14.6 Å². The number of halogens is 1. The average molecular weight is 469 g/mol. The molecule has 7 heteroatoms. The maximum atomic E-state index is 13.1. The van der Waals surface area contributed by atoms with Crippen LogP contribution in [0, 0.1) is 28.5 Å². The van der Waals surface area contributed by atoms with Crippen molar-refractivity contribution in [2.24, 2.45) is 11.3 Å². The van der Waals surface area contributed by atoms with Crippen LogP contribution in [0.25, 0.3) is 0 Å². The first-order chi connectivity index (χ1) is 15.7. The van der Waals surface area contributed by atoms with Crippen molar-refractivity contribution in [3.63, 3.8) is 0 Å². The summed E-state index contributed by atoms with van der Waals surface area (Å²) in [5.41, 5.74) is 3.16. The number of nitrogens with zero attached hydrogens (tertiary/aromatic N) is 3. The van der Waals surface area contributed by atoms with Crippen LogP contribution in [-0.2, 0) is 24.2 Å². The number of nitriles is 1. The van der Waals surface area contributed by atoms with E-state index >= 15 is 0 Å². The third kappa shape index (κ3) is 5.81. The highest BCUT2D eigenvalue weighted by atomic mass is 32.1. The van der Waals surface area contributed by atoms with Gasteiger partial charge in [-0.15, -0.1) is 11.3 Å². The van der Waals surface area contributed by atoms with Gasteiger partial charge >= 0.3 is 0 Å². The lowest BCUT2D eigenvalue weighted by atomic mass is 9.72. The van der Waals surface area contributed by atoms with E-state index in [2.05, 4.69) is 42.0 Å². The topological polar surface area (TPSA) is 59.4 Å². The lowest BCUT2D eigenvalue weighted by Crippen LogP contribution is -2.48. The van der Waals surface area contributed by atoms with Crippen molar-refractivity contribution in [3.05, 3.63) is 51.7 Å². The Bertz CT molecular complexity index is 1030. The number of carbonyl (C=O) groups excluding carboxylic acids is 1. The van der Waals surface area contributed by atoms with Crippen LogP contribution in [0.4, 0.5) is 9.39 Å². The van der Waals surface area contributed by atoms with Gasteiger partial charge < -0.3 is 5.32 Å². The van der Waals surface area contributed by atoms with E-state index in [1.165, 1.54) is 17.0 Å². The van der Waals surface area contributed by atoms with Crippen LogP contribution in [0.5, 0.6) is 0 Å². The summed E-state index contributed by atoms with van der Waals surface area (Å²) in [5, 5.41) is 13.5. The number of hydrogen-bond donors (Lipinski definition) is 1. The van der Waals surface area contributed by atoms with E-state index in [4.69, 9.17) is 0 Å². The molecule has 1 fully saturated rings. The molecule has 1 aromatic carbocycles. The fourth-order valence-corrected chi connectivity index (χ4v) is 6.15. The molecule has 2 aliphatic rings. The summed E-state index contributed by atoms with van der Waals surface area (Å²) < 4.78 is 13.1. The molecular formula is C26H33FN4OS. The second-order valence-electron chi connectivity index (χ2n) is 10.4. The van der Waals surface area contributed by atoms with Crippen LogP contribution in [0.3, 0.4) is 0 Å². The molecule has 2 aromatic rings. The average Bonchev–Trinajstić information content (AvgIpc) is 3.12. The van der Waals surface area contributed by atoms with Crippen molar-refractivity contribution in [1.82, 2.24) is 9.80 Å². The van der Waals surface area contributed by atoms with Gasteiger partial charge in [0.05, 0.1) is 12.1 Å². The third-order valence-corrected chi connectivity index (χ3v) is 8.18. The lowest BCUT2D eigenvalue weighted by molar-refractivity contribution is -0.117. The molecule has 33 heavy (non-hydrogen) atoms. The molecule has 1 amide bonds. The SMILES string of the molecule is CC(C)(C)C1CCc2c(sc(NC(=O)CN3CCN(Cc4ccc(F)cc4)CC3)c2C#N)C1. The van der Waals surface area contributed by atoms with Crippen molar-refractivity contribution < 1.29 is 9.18 Å². The summed E-state index contributed by atoms with van der Waals surface area (Å²) in [6, 6.07) is 9.00. The monoisotopic (exact) mass is 468 g/mol. The summed E-state index contributed by atoms with van der Waals surface area (Å²) in [4.78, 5) is 18.5. The van der Waals surface area contributed by atoms with Gasteiger partial charge in [0.25, 0.3) is 0 Å². The molecule has 1 aliphatic heterocycles. The first-order valence-electron chi connectivity index (χ1n) is 11.8. The summed E-state index contributed by atoms with van der Waals surface area (Å²) in [6.45, 7) is 11.3. The maximum absolute atomic E-state index is 13.1. The number of anilines is 1. The fraction of sp³-hybridized carbons (Fsp3) is 0.538. The summed E-state index contributed by atoms with van der Waals surface area (Å²) in [5.74, 6) is 0.337. The van der Waals surface area contributed by atoms with E-state index in [0.29, 0.717) is 18.0 Å². The molecule has 0 spiro atoms. The molecular weight excluding hydrogens is 435 g/mol. The van der Waals surface area contributed by atoms with Crippen LogP contribution >= 0.6 is 11.3 Å². The van der Waals surface area contributed by atoms with Gasteiger partial charge in [0.2, 0.25) is 5.91 Å². The van der Waals surface area contributed by atoms with Gasteiger partial charge in [-0.1, -0.05) is 32.9 Å². The number of rotatable bonds is 5. The molecule has 0 saturated carbocycles. The number of piperazine rings is 1.